The number of hydrogen-bond donors (Lipinski definition) is 1. The second kappa shape index (κ2) is 7.56. The summed E-state index contributed by atoms with van der Waals surface area (Å²) in [4.78, 5) is 0. The van der Waals surface area contributed by atoms with Crippen LogP contribution in [-0.2, 0) is 4.74 Å². The van der Waals surface area contributed by atoms with Crippen molar-refractivity contribution in [2.45, 2.75) is 27.2 Å². The molecule has 1 N–H and O–H groups in total. The molecular formula is C10H23NO. The van der Waals surface area contributed by atoms with Crippen molar-refractivity contribution in [2.75, 3.05) is 26.8 Å². The molecule has 2 heteroatoms. The van der Waals surface area contributed by atoms with E-state index in [1.54, 1.807) is 0 Å². The smallest absolute Gasteiger partial charge is 0.0488 e. The third kappa shape index (κ3) is 8.02. The van der Waals surface area contributed by atoms with Gasteiger partial charge in [0.1, 0.15) is 0 Å². The minimum atomic E-state index is 0.657. The summed E-state index contributed by atoms with van der Waals surface area (Å²) in [6, 6.07) is 0. The lowest BCUT2D eigenvalue weighted by Crippen LogP contribution is -2.18. The topological polar surface area (TPSA) is 21.3 Å². The first-order chi connectivity index (χ1) is 5.66. The summed E-state index contributed by atoms with van der Waals surface area (Å²) >= 11 is 0. The van der Waals surface area contributed by atoms with Crippen LogP contribution < -0.4 is 5.32 Å². The zero-order valence-electron chi connectivity index (χ0n) is 8.89. The van der Waals surface area contributed by atoms with Gasteiger partial charge in [-0.25, -0.2) is 0 Å². The first-order valence-electron chi connectivity index (χ1n) is 4.89. The zero-order valence-corrected chi connectivity index (χ0v) is 8.89. The summed E-state index contributed by atoms with van der Waals surface area (Å²) in [5.41, 5.74) is 0. The number of rotatable bonds is 7. The Hall–Kier alpha value is -0.0800. The van der Waals surface area contributed by atoms with E-state index in [2.05, 4.69) is 26.1 Å². The maximum absolute atomic E-state index is 5.48. The summed E-state index contributed by atoms with van der Waals surface area (Å²) in [6.07, 6.45) is 1.16. The second-order valence-corrected chi connectivity index (χ2v) is 3.92. The predicted octanol–water partition coefficient (Wildman–Crippen LogP) is 1.90. The normalized spacial score (nSPS) is 13.8. The standard InChI is InChI=1S/C10H23NO/c1-9(2)8-12-6-5-10(3)7-11-4/h9-11H,5-8H2,1-4H3. The zero-order chi connectivity index (χ0) is 9.40. The summed E-state index contributed by atoms with van der Waals surface area (Å²) in [5, 5.41) is 3.16. The third-order valence-electron chi connectivity index (χ3n) is 1.76. The van der Waals surface area contributed by atoms with Crippen LogP contribution in [0.5, 0.6) is 0 Å². The largest absolute Gasteiger partial charge is 0.381 e. The molecule has 0 saturated heterocycles. The molecular weight excluding hydrogens is 150 g/mol. The Bertz CT molecular complexity index is 93.8. The van der Waals surface area contributed by atoms with Gasteiger partial charge in [0.05, 0.1) is 0 Å². The van der Waals surface area contributed by atoms with Gasteiger partial charge in [-0.05, 0) is 31.8 Å². The minimum absolute atomic E-state index is 0.657. The first kappa shape index (κ1) is 11.9. The first-order valence-corrected chi connectivity index (χ1v) is 4.89. The van der Waals surface area contributed by atoms with E-state index in [4.69, 9.17) is 4.74 Å². The van der Waals surface area contributed by atoms with Crippen molar-refractivity contribution in [3.63, 3.8) is 0 Å². The lowest BCUT2D eigenvalue weighted by molar-refractivity contribution is 0.0994. The molecule has 0 radical (unpaired) electrons. The molecule has 0 rings (SSSR count). The Morgan fingerprint density at radius 3 is 2.42 bits per heavy atom. The highest BCUT2D eigenvalue weighted by Gasteiger charge is 2.00. The fourth-order valence-electron chi connectivity index (χ4n) is 1.05. The van der Waals surface area contributed by atoms with Crippen molar-refractivity contribution in [2.24, 2.45) is 11.8 Å². The van der Waals surface area contributed by atoms with Gasteiger partial charge in [0.2, 0.25) is 0 Å². The van der Waals surface area contributed by atoms with E-state index in [1.165, 1.54) is 0 Å². The van der Waals surface area contributed by atoms with E-state index in [0.29, 0.717) is 5.92 Å². The van der Waals surface area contributed by atoms with Crippen LogP contribution in [0, 0.1) is 11.8 Å². The Morgan fingerprint density at radius 1 is 1.25 bits per heavy atom. The molecule has 0 bridgehead atoms. The van der Waals surface area contributed by atoms with Crippen LogP contribution in [0.1, 0.15) is 27.2 Å². The summed E-state index contributed by atoms with van der Waals surface area (Å²) < 4.78 is 5.48. The Kier molecular flexibility index (Phi) is 7.51. The molecule has 0 amide bonds. The monoisotopic (exact) mass is 173 g/mol. The molecule has 74 valence electrons. The molecule has 0 heterocycles. The van der Waals surface area contributed by atoms with E-state index in [0.717, 1.165) is 32.1 Å². The highest BCUT2D eigenvalue weighted by atomic mass is 16.5. The van der Waals surface area contributed by atoms with E-state index in [9.17, 15) is 0 Å². The van der Waals surface area contributed by atoms with Crippen LogP contribution >= 0.6 is 0 Å². The van der Waals surface area contributed by atoms with Crippen LogP contribution in [0.4, 0.5) is 0 Å². The molecule has 1 atom stereocenters. The van der Waals surface area contributed by atoms with Crippen molar-refractivity contribution < 1.29 is 4.74 Å². The van der Waals surface area contributed by atoms with Gasteiger partial charge >= 0.3 is 0 Å². The van der Waals surface area contributed by atoms with Gasteiger partial charge < -0.3 is 10.1 Å². The third-order valence-corrected chi connectivity index (χ3v) is 1.76. The molecule has 1 unspecified atom stereocenters. The average Bonchev–Trinajstić information content (AvgIpc) is 1.98. The molecule has 0 aliphatic heterocycles. The van der Waals surface area contributed by atoms with Gasteiger partial charge in [-0.3, -0.25) is 0 Å². The van der Waals surface area contributed by atoms with Gasteiger partial charge in [0.25, 0.3) is 0 Å². The van der Waals surface area contributed by atoms with Gasteiger partial charge in [-0.2, -0.15) is 0 Å². The lowest BCUT2D eigenvalue weighted by atomic mass is 10.1. The van der Waals surface area contributed by atoms with E-state index in [1.807, 2.05) is 7.05 Å². The summed E-state index contributed by atoms with van der Waals surface area (Å²) in [5.74, 6) is 1.38. The highest BCUT2D eigenvalue weighted by Crippen LogP contribution is 2.01. The number of hydrogen-bond acceptors (Lipinski definition) is 2. The quantitative estimate of drug-likeness (QED) is 0.594. The molecule has 0 spiro atoms. The fourth-order valence-corrected chi connectivity index (χ4v) is 1.05. The fraction of sp³-hybridized carbons (Fsp3) is 1.00. The van der Waals surface area contributed by atoms with Crippen LogP contribution in [0.25, 0.3) is 0 Å². The van der Waals surface area contributed by atoms with Crippen molar-refractivity contribution in [1.29, 1.82) is 0 Å². The lowest BCUT2D eigenvalue weighted by Gasteiger charge is -2.11. The van der Waals surface area contributed by atoms with Crippen molar-refractivity contribution >= 4 is 0 Å². The number of nitrogens with one attached hydrogen (secondary N) is 1. The molecule has 0 aliphatic carbocycles. The highest BCUT2D eigenvalue weighted by molar-refractivity contribution is 4.53. The van der Waals surface area contributed by atoms with Gasteiger partial charge in [0, 0.05) is 13.2 Å². The van der Waals surface area contributed by atoms with Gasteiger partial charge in [-0.1, -0.05) is 20.8 Å². The van der Waals surface area contributed by atoms with Crippen molar-refractivity contribution in [3.05, 3.63) is 0 Å². The Labute approximate surface area is 76.7 Å². The molecule has 0 fully saturated rings. The summed E-state index contributed by atoms with van der Waals surface area (Å²) in [7, 11) is 1.99. The van der Waals surface area contributed by atoms with Crippen LogP contribution in [0.2, 0.25) is 0 Å². The van der Waals surface area contributed by atoms with E-state index in [-0.39, 0.29) is 0 Å². The van der Waals surface area contributed by atoms with Crippen LogP contribution in [0.15, 0.2) is 0 Å². The molecule has 0 aromatic rings. The van der Waals surface area contributed by atoms with E-state index < -0.39 is 0 Å². The van der Waals surface area contributed by atoms with Crippen molar-refractivity contribution in [1.82, 2.24) is 5.32 Å². The molecule has 2 nitrogen and oxygen atoms in total. The predicted molar refractivity (Wildman–Crippen MR) is 53.4 cm³/mol. The number of ether oxygens (including phenoxy) is 1. The molecule has 0 aromatic carbocycles. The van der Waals surface area contributed by atoms with Gasteiger partial charge in [0.15, 0.2) is 0 Å². The molecule has 0 saturated carbocycles. The SMILES string of the molecule is CNCC(C)CCOCC(C)C. The Balaban J connectivity index is 3.08. The van der Waals surface area contributed by atoms with E-state index >= 15 is 0 Å². The second-order valence-electron chi connectivity index (χ2n) is 3.92. The minimum Gasteiger partial charge on any atom is -0.381 e. The molecule has 0 aromatic heterocycles. The maximum Gasteiger partial charge on any atom is 0.0488 e. The van der Waals surface area contributed by atoms with Crippen LogP contribution in [0.3, 0.4) is 0 Å². The van der Waals surface area contributed by atoms with Gasteiger partial charge in [-0.15, -0.1) is 0 Å². The maximum atomic E-state index is 5.48. The molecule has 0 aliphatic rings. The molecule has 12 heavy (non-hydrogen) atoms. The Morgan fingerprint density at radius 2 is 1.92 bits per heavy atom. The summed E-state index contributed by atoms with van der Waals surface area (Å²) in [6.45, 7) is 9.49. The van der Waals surface area contributed by atoms with Crippen molar-refractivity contribution in [3.8, 4) is 0 Å². The average molecular weight is 173 g/mol. The van der Waals surface area contributed by atoms with Crippen LogP contribution in [-0.4, -0.2) is 26.8 Å².